The van der Waals surface area contributed by atoms with E-state index in [-0.39, 0.29) is 0 Å². The SMILES string of the molecule is N#Cc1cnc2c(c1)CCCN2. The highest BCUT2D eigenvalue weighted by Gasteiger charge is 2.09. The second-order valence-electron chi connectivity index (χ2n) is 2.87. The molecule has 0 aliphatic carbocycles. The van der Waals surface area contributed by atoms with E-state index in [1.165, 1.54) is 5.56 Å². The van der Waals surface area contributed by atoms with Crippen LogP contribution >= 0.6 is 0 Å². The van der Waals surface area contributed by atoms with E-state index in [0.717, 1.165) is 25.2 Å². The van der Waals surface area contributed by atoms with Gasteiger partial charge in [0.1, 0.15) is 11.9 Å². The molecule has 3 heteroatoms. The summed E-state index contributed by atoms with van der Waals surface area (Å²) in [6.45, 7) is 0.992. The molecule has 0 atom stereocenters. The largest absolute Gasteiger partial charge is 0.370 e. The van der Waals surface area contributed by atoms with Crippen molar-refractivity contribution in [2.45, 2.75) is 12.8 Å². The molecule has 1 aliphatic heterocycles. The Hall–Kier alpha value is -1.56. The highest BCUT2D eigenvalue weighted by molar-refractivity contribution is 5.49. The summed E-state index contributed by atoms with van der Waals surface area (Å²) in [6.07, 6.45) is 3.77. The first-order valence-corrected chi connectivity index (χ1v) is 4.03. The first-order valence-electron chi connectivity index (χ1n) is 4.03. The lowest BCUT2D eigenvalue weighted by Gasteiger charge is -2.15. The molecule has 0 amide bonds. The fraction of sp³-hybridized carbons (Fsp3) is 0.333. The van der Waals surface area contributed by atoms with Gasteiger partial charge in [0.25, 0.3) is 0 Å². The van der Waals surface area contributed by atoms with Crippen molar-refractivity contribution >= 4 is 5.82 Å². The number of anilines is 1. The molecule has 0 spiro atoms. The number of nitrogens with zero attached hydrogens (tertiary/aromatic N) is 2. The number of aromatic nitrogens is 1. The molecular weight excluding hydrogens is 150 g/mol. The second kappa shape index (κ2) is 2.82. The normalized spacial score (nSPS) is 14.2. The van der Waals surface area contributed by atoms with Gasteiger partial charge in [-0.25, -0.2) is 4.98 Å². The summed E-state index contributed by atoms with van der Waals surface area (Å²) in [4.78, 5) is 4.16. The van der Waals surface area contributed by atoms with E-state index in [1.54, 1.807) is 6.20 Å². The van der Waals surface area contributed by atoms with Gasteiger partial charge >= 0.3 is 0 Å². The Bertz CT molecular complexity index is 338. The molecular formula is C9H9N3. The average molecular weight is 159 g/mol. The Morgan fingerprint density at radius 1 is 1.58 bits per heavy atom. The monoisotopic (exact) mass is 159 g/mol. The maximum atomic E-state index is 8.63. The summed E-state index contributed by atoms with van der Waals surface area (Å²) in [5.74, 6) is 0.945. The Kier molecular flexibility index (Phi) is 1.67. The van der Waals surface area contributed by atoms with Gasteiger partial charge in [0, 0.05) is 12.7 Å². The maximum Gasteiger partial charge on any atom is 0.129 e. The van der Waals surface area contributed by atoms with Gasteiger partial charge in [0.15, 0.2) is 0 Å². The van der Waals surface area contributed by atoms with Gasteiger partial charge in [-0.05, 0) is 24.5 Å². The number of nitrogens with one attached hydrogen (secondary N) is 1. The number of aryl methyl sites for hydroxylation is 1. The van der Waals surface area contributed by atoms with Gasteiger partial charge in [-0.3, -0.25) is 0 Å². The van der Waals surface area contributed by atoms with E-state index >= 15 is 0 Å². The van der Waals surface area contributed by atoms with Crippen LogP contribution in [0.25, 0.3) is 0 Å². The molecule has 2 rings (SSSR count). The zero-order chi connectivity index (χ0) is 8.39. The number of rotatable bonds is 0. The molecule has 12 heavy (non-hydrogen) atoms. The molecule has 0 bridgehead atoms. The summed E-state index contributed by atoms with van der Waals surface area (Å²) >= 11 is 0. The molecule has 1 aromatic heterocycles. The van der Waals surface area contributed by atoms with Crippen LogP contribution in [0.5, 0.6) is 0 Å². The molecule has 0 saturated heterocycles. The summed E-state index contributed by atoms with van der Waals surface area (Å²) in [5, 5.41) is 11.8. The van der Waals surface area contributed by atoms with Crippen molar-refractivity contribution in [3.05, 3.63) is 23.4 Å². The second-order valence-corrected chi connectivity index (χ2v) is 2.87. The zero-order valence-electron chi connectivity index (χ0n) is 6.67. The quantitative estimate of drug-likeness (QED) is 0.621. The molecule has 1 N–H and O–H groups in total. The topological polar surface area (TPSA) is 48.7 Å². The van der Waals surface area contributed by atoms with Crippen molar-refractivity contribution in [1.82, 2.24) is 4.98 Å². The fourth-order valence-corrected chi connectivity index (χ4v) is 1.41. The van der Waals surface area contributed by atoms with Crippen LogP contribution < -0.4 is 5.32 Å². The standard InChI is InChI=1S/C9H9N3/c10-5-7-4-8-2-1-3-11-9(8)12-6-7/h4,6H,1-3H2,(H,11,12). The lowest BCUT2D eigenvalue weighted by atomic mass is 10.1. The highest BCUT2D eigenvalue weighted by Crippen LogP contribution is 2.19. The zero-order valence-corrected chi connectivity index (χ0v) is 6.67. The Labute approximate surface area is 71.0 Å². The van der Waals surface area contributed by atoms with Crippen LogP contribution in [0.3, 0.4) is 0 Å². The summed E-state index contributed by atoms with van der Waals surface area (Å²) in [6, 6.07) is 4.00. The van der Waals surface area contributed by atoms with E-state index in [9.17, 15) is 0 Å². The lowest BCUT2D eigenvalue weighted by molar-refractivity contribution is 0.817. The summed E-state index contributed by atoms with van der Waals surface area (Å²) in [5.41, 5.74) is 1.82. The molecule has 2 heterocycles. The fourth-order valence-electron chi connectivity index (χ4n) is 1.41. The van der Waals surface area contributed by atoms with E-state index in [0.29, 0.717) is 5.56 Å². The third-order valence-corrected chi connectivity index (χ3v) is 2.01. The summed E-state index contributed by atoms with van der Waals surface area (Å²) in [7, 11) is 0. The number of hydrogen-bond donors (Lipinski definition) is 1. The van der Waals surface area contributed by atoms with E-state index in [4.69, 9.17) is 5.26 Å². The van der Waals surface area contributed by atoms with Crippen molar-refractivity contribution in [2.24, 2.45) is 0 Å². The van der Waals surface area contributed by atoms with Gasteiger partial charge in [-0.2, -0.15) is 5.26 Å². The van der Waals surface area contributed by atoms with Crippen LogP contribution in [0.1, 0.15) is 17.5 Å². The number of fused-ring (bicyclic) bond motifs is 1. The number of nitriles is 1. The molecule has 0 radical (unpaired) electrons. The van der Waals surface area contributed by atoms with E-state index in [1.807, 2.05) is 6.07 Å². The predicted octanol–water partition coefficient (Wildman–Crippen LogP) is 1.31. The van der Waals surface area contributed by atoms with Crippen LogP contribution in [-0.2, 0) is 6.42 Å². The minimum absolute atomic E-state index is 0.650. The molecule has 1 aliphatic rings. The van der Waals surface area contributed by atoms with Gasteiger partial charge in [0.05, 0.1) is 5.56 Å². The third kappa shape index (κ3) is 1.12. The molecule has 60 valence electrons. The average Bonchev–Trinajstić information content (AvgIpc) is 2.17. The van der Waals surface area contributed by atoms with Crippen LogP contribution in [-0.4, -0.2) is 11.5 Å². The maximum absolute atomic E-state index is 8.63. The van der Waals surface area contributed by atoms with Crippen LogP contribution in [0.15, 0.2) is 12.3 Å². The van der Waals surface area contributed by atoms with E-state index < -0.39 is 0 Å². The van der Waals surface area contributed by atoms with Crippen molar-refractivity contribution in [3.8, 4) is 6.07 Å². The van der Waals surface area contributed by atoms with Crippen molar-refractivity contribution in [1.29, 1.82) is 5.26 Å². The number of pyridine rings is 1. The minimum Gasteiger partial charge on any atom is -0.370 e. The Balaban J connectivity index is 2.44. The molecule has 0 aromatic carbocycles. The van der Waals surface area contributed by atoms with Crippen LogP contribution in [0.2, 0.25) is 0 Å². The smallest absolute Gasteiger partial charge is 0.129 e. The molecule has 0 fully saturated rings. The first kappa shape index (κ1) is 7.11. The predicted molar refractivity (Wildman–Crippen MR) is 45.8 cm³/mol. The van der Waals surface area contributed by atoms with Crippen LogP contribution in [0, 0.1) is 11.3 Å². The summed E-state index contributed by atoms with van der Waals surface area (Å²) < 4.78 is 0. The van der Waals surface area contributed by atoms with Crippen molar-refractivity contribution in [2.75, 3.05) is 11.9 Å². The molecule has 0 unspecified atom stereocenters. The number of hydrogen-bond acceptors (Lipinski definition) is 3. The van der Waals surface area contributed by atoms with E-state index in [2.05, 4.69) is 16.4 Å². The third-order valence-electron chi connectivity index (χ3n) is 2.01. The molecule has 3 nitrogen and oxygen atoms in total. The van der Waals surface area contributed by atoms with Crippen molar-refractivity contribution in [3.63, 3.8) is 0 Å². The van der Waals surface area contributed by atoms with Crippen LogP contribution in [0.4, 0.5) is 5.82 Å². The van der Waals surface area contributed by atoms with Gasteiger partial charge in [-0.15, -0.1) is 0 Å². The first-order chi connectivity index (χ1) is 5.90. The minimum atomic E-state index is 0.650. The van der Waals surface area contributed by atoms with Gasteiger partial charge in [0.2, 0.25) is 0 Å². The molecule has 0 saturated carbocycles. The van der Waals surface area contributed by atoms with Crippen molar-refractivity contribution < 1.29 is 0 Å². The van der Waals surface area contributed by atoms with Gasteiger partial charge in [-0.1, -0.05) is 0 Å². The van der Waals surface area contributed by atoms with Gasteiger partial charge < -0.3 is 5.32 Å². The Morgan fingerprint density at radius 2 is 2.50 bits per heavy atom. The Morgan fingerprint density at radius 3 is 3.33 bits per heavy atom. The lowest BCUT2D eigenvalue weighted by Crippen LogP contribution is -2.13. The molecule has 1 aromatic rings. The highest BCUT2D eigenvalue weighted by atomic mass is 15.0.